The largest absolute Gasteiger partial charge is 0.822 e. The molecule has 0 rings (SSSR count). The van der Waals surface area contributed by atoms with Crippen LogP contribution in [0.3, 0.4) is 0 Å². The predicted octanol–water partition coefficient (Wildman–Crippen LogP) is -9.95. The lowest BCUT2D eigenvalue weighted by Crippen LogP contribution is -2.86. The van der Waals surface area contributed by atoms with Gasteiger partial charge in [0.2, 0.25) is 0 Å². The predicted molar refractivity (Wildman–Crippen MR) is 195 cm³/mol. The van der Waals surface area contributed by atoms with E-state index in [2.05, 4.69) is 26.6 Å². The Kier molecular flexibility index (Phi) is 85.4. The Hall–Kier alpha value is -0.620. The second-order valence-electron chi connectivity index (χ2n) is 10.1. The summed E-state index contributed by atoms with van der Waals surface area (Å²) >= 11 is 0. The molecule has 0 amide bonds. The van der Waals surface area contributed by atoms with Gasteiger partial charge in [0.05, 0.1) is 132 Å². The van der Waals surface area contributed by atoms with Crippen LogP contribution in [-0.4, -0.2) is 220 Å². The first-order valence-corrected chi connectivity index (χ1v) is 20.2. The Balaban J connectivity index is -0.0000000988. The van der Waals surface area contributed by atoms with Gasteiger partial charge in [-0.25, -0.2) is 0 Å². The van der Waals surface area contributed by atoms with E-state index in [1.54, 1.807) is 71.1 Å². The molecule has 344 valence electrons. The molecule has 0 aliphatic heterocycles. The number of hydrogen-bond donors (Lipinski definition) is 5. The van der Waals surface area contributed by atoms with Crippen LogP contribution in [0.5, 0.6) is 0 Å². The zero-order valence-electron chi connectivity index (χ0n) is 35.2. The first-order chi connectivity index (χ1) is 26.1. The Labute approximate surface area is 331 Å². The van der Waals surface area contributed by atoms with Crippen molar-refractivity contribution in [3.05, 3.63) is 0 Å². The zero-order chi connectivity index (χ0) is 43.7. The van der Waals surface area contributed by atoms with E-state index in [-0.39, 0.29) is 0 Å². The molecule has 0 atom stereocenters. The van der Waals surface area contributed by atoms with E-state index in [4.69, 9.17) is 84.1 Å². The van der Waals surface area contributed by atoms with Crippen molar-refractivity contribution >= 4 is 18.2 Å². The van der Waals surface area contributed by atoms with Gasteiger partial charge in [-0.2, -0.15) is 7.82 Å². The molecule has 0 saturated carbocycles. The molecule has 0 fully saturated rings. The Morgan fingerprint density at radius 1 is 0.345 bits per heavy atom. The van der Waals surface area contributed by atoms with Crippen LogP contribution >= 0.6 is 7.82 Å². The van der Waals surface area contributed by atoms with Crippen molar-refractivity contribution in [2.75, 3.05) is 203 Å². The maximum Gasteiger partial charge on any atom is 0.0993 e. The van der Waals surface area contributed by atoms with Gasteiger partial charge in [-0.3, -0.25) is 8.42 Å². The number of nitrogens with two attached hydrogens (primary N) is 5. The van der Waals surface area contributed by atoms with Crippen LogP contribution in [0.15, 0.2) is 0 Å². The number of phosphoric acid groups is 1. The molecule has 0 aromatic rings. The molecule has 0 aromatic heterocycles. The highest BCUT2D eigenvalue weighted by Gasteiger charge is 1.90. The fourth-order valence-corrected chi connectivity index (χ4v) is 2.73. The number of methoxy groups -OCH3 is 10. The van der Waals surface area contributed by atoms with Gasteiger partial charge in [0.1, 0.15) is 0 Å². The van der Waals surface area contributed by atoms with E-state index in [1.807, 2.05) is 0 Å². The van der Waals surface area contributed by atoms with Crippen LogP contribution in [0, 0.1) is 0 Å². The molecule has 25 heteroatoms. The lowest BCUT2D eigenvalue weighted by Gasteiger charge is -2.36. The third kappa shape index (κ3) is 163. The van der Waals surface area contributed by atoms with E-state index >= 15 is 0 Å². The first-order valence-electron chi connectivity index (χ1n) is 17.4. The van der Waals surface area contributed by atoms with Gasteiger partial charge in [0.15, 0.2) is 0 Å². The molecule has 55 heavy (non-hydrogen) atoms. The minimum atomic E-state index is -5.39. The molecule has 10 N–H and O–H groups in total. The van der Waals surface area contributed by atoms with E-state index in [0.29, 0.717) is 0 Å². The normalized spacial score (nSPS) is 10.3. The van der Waals surface area contributed by atoms with Crippen LogP contribution in [-0.2, 0) is 62.3 Å². The van der Waals surface area contributed by atoms with Crippen LogP contribution in [0.1, 0.15) is 0 Å². The van der Waals surface area contributed by atoms with Gasteiger partial charge in [0.25, 0.3) is 0 Å². The molecule has 0 bridgehead atoms. The molecule has 0 radical (unpaired) electrons. The highest BCUT2D eigenvalue weighted by molar-refractivity contribution is 7.79. The lowest BCUT2D eigenvalue weighted by atomic mass is 10.6. The Morgan fingerprint density at radius 2 is 0.418 bits per heavy atom. The summed E-state index contributed by atoms with van der Waals surface area (Å²) in [5.41, 5.74) is 0. The summed E-state index contributed by atoms with van der Waals surface area (Å²) in [6.07, 6.45) is 0. The third-order valence-corrected chi connectivity index (χ3v) is 5.26. The number of hydrogen-bond acceptors (Lipinski definition) is 18. The average Bonchev–Trinajstić information content (AvgIpc) is 3.11. The fourth-order valence-electron chi connectivity index (χ4n) is 2.73. The molecular weight excluding hydrogens is 781 g/mol. The highest BCUT2D eigenvalue weighted by Crippen LogP contribution is 2.03. The average molecular weight is 862 g/mol. The maximum absolute atomic E-state index is 8.55. The molecule has 0 spiro atoms. The van der Waals surface area contributed by atoms with Crippen LogP contribution in [0.25, 0.3) is 0 Å². The fraction of sp³-hybridized carbons (Fsp3) is 1.00. The third-order valence-electron chi connectivity index (χ3n) is 5.26. The lowest BCUT2D eigenvalue weighted by molar-refractivity contribution is -0.657. The van der Waals surface area contributed by atoms with E-state index < -0.39 is 18.2 Å². The maximum atomic E-state index is 8.55. The molecule has 0 unspecified atom stereocenters. The van der Waals surface area contributed by atoms with E-state index in [0.717, 1.165) is 132 Å². The second-order valence-corrected chi connectivity index (χ2v) is 11.8. The SMILES string of the molecule is COCC[NH2+]CCOC.COCC[NH2+]CCOC.COCC[NH2+]CCOC.COCC[NH2+]CCOC.COCC[NH2+]CCOC.O=P([O-])([O-])[O-].O=S(=O)([O-])[O-]. The number of ether oxygens (including phenoxy) is 10. The zero-order valence-corrected chi connectivity index (χ0v) is 36.9. The standard InChI is InChI=1S/5C6H15NO2.H3O4P.H2O4S/c5*1-8-5-3-7-4-6-9-2;2*1-5(2,3)4/h5*7H,3-6H2,1-2H3;(H3,1,2,3,4);(H2,1,2,3,4). The number of rotatable bonds is 30. The van der Waals surface area contributed by atoms with E-state index in [1.165, 1.54) is 0 Å². The van der Waals surface area contributed by atoms with Gasteiger partial charge in [0, 0.05) is 81.5 Å². The summed E-state index contributed by atoms with van der Waals surface area (Å²) < 4.78 is 91.1. The Bertz CT molecular complexity index is 627. The number of quaternary nitrogens is 5. The van der Waals surface area contributed by atoms with Crippen molar-refractivity contribution in [2.24, 2.45) is 0 Å². The van der Waals surface area contributed by atoms with Gasteiger partial charge in [-0.05, 0) is 0 Å². The summed E-state index contributed by atoms with van der Waals surface area (Å²) in [6.45, 7) is 18.5. The summed E-state index contributed by atoms with van der Waals surface area (Å²) in [7, 11) is 6.57. The van der Waals surface area contributed by atoms with Crippen molar-refractivity contribution in [1.82, 2.24) is 0 Å². The molecule has 23 nitrogen and oxygen atoms in total. The van der Waals surface area contributed by atoms with Gasteiger partial charge in [-0.15, -0.1) is 0 Å². The van der Waals surface area contributed by atoms with Gasteiger partial charge in [-0.1, -0.05) is 0 Å². The van der Waals surface area contributed by atoms with E-state index in [9.17, 15) is 0 Å². The quantitative estimate of drug-likeness (QED) is 0.0194. The molecule has 0 aliphatic rings. The van der Waals surface area contributed by atoms with Gasteiger partial charge >= 0.3 is 0 Å². The summed E-state index contributed by atoms with van der Waals surface area (Å²) in [5, 5.41) is 10.9. The smallest absolute Gasteiger partial charge is 0.0993 e. The molecule has 0 aliphatic carbocycles. The van der Waals surface area contributed by atoms with Crippen LogP contribution in [0.2, 0.25) is 0 Å². The topological polar surface area (TPSA) is 342 Å². The van der Waals surface area contributed by atoms with Crippen molar-refractivity contribution < 1.29 is 111 Å². The summed E-state index contributed by atoms with van der Waals surface area (Å²) in [4.78, 5) is 25.6. The van der Waals surface area contributed by atoms with Crippen LogP contribution < -0.4 is 41.3 Å². The summed E-state index contributed by atoms with van der Waals surface area (Å²) in [5.74, 6) is 0. The summed E-state index contributed by atoms with van der Waals surface area (Å²) in [6, 6.07) is 0. The van der Waals surface area contributed by atoms with Crippen molar-refractivity contribution in [1.29, 1.82) is 0 Å². The minimum Gasteiger partial charge on any atom is -0.822 e. The second kappa shape index (κ2) is 68.1. The molecule has 0 saturated heterocycles. The molecular formula is C30H80N5O18PS. The Morgan fingerprint density at radius 3 is 0.473 bits per heavy atom. The van der Waals surface area contributed by atoms with Gasteiger partial charge < -0.3 is 102 Å². The first kappa shape index (κ1) is 69.0. The van der Waals surface area contributed by atoms with Crippen molar-refractivity contribution in [2.45, 2.75) is 0 Å². The molecule has 0 heterocycles. The van der Waals surface area contributed by atoms with Crippen LogP contribution in [0.4, 0.5) is 0 Å². The monoisotopic (exact) mass is 861 g/mol. The molecule has 0 aromatic carbocycles. The highest BCUT2D eigenvalue weighted by atomic mass is 32.3. The minimum absolute atomic E-state index is 0.823. The van der Waals surface area contributed by atoms with Crippen molar-refractivity contribution in [3.63, 3.8) is 0 Å². The van der Waals surface area contributed by atoms with Crippen molar-refractivity contribution in [3.8, 4) is 0 Å².